The van der Waals surface area contributed by atoms with E-state index >= 15 is 0 Å². The number of amides is 1. The molecular formula is C25H26Br2N2O2S. The number of hydrogen-bond acceptors (Lipinski definition) is 4. The second-order valence-electron chi connectivity index (χ2n) is 7.97. The highest BCUT2D eigenvalue weighted by Gasteiger charge is 2.38. The molecule has 2 fully saturated rings. The zero-order chi connectivity index (χ0) is 22.7. The first-order valence-corrected chi connectivity index (χ1v) is 13.3. The lowest BCUT2D eigenvalue weighted by atomic mass is 9.94. The van der Waals surface area contributed by atoms with Crippen LogP contribution in [0.3, 0.4) is 0 Å². The van der Waals surface area contributed by atoms with E-state index in [1.54, 1.807) is 7.11 Å². The van der Waals surface area contributed by atoms with E-state index in [4.69, 9.17) is 9.73 Å². The monoisotopic (exact) mass is 576 g/mol. The molecule has 32 heavy (non-hydrogen) atoms. The summed E-state index contributed by atoms with van der Waals surface area (Å²) >= 11 is 8.59. The number of hydrogen-bond donors (Lipinski definition) is 0. The third kappa shape index (κ3) is 5.00. The van der Waals surface area contributed by atoms with Crippen LogP contribution in [0.2, 0.25) is 0 Å². The number of halogens is 2. The molecule has 7 heteroatoms. The van der Waals surface area contributed by atoms with Crippen molar-refractivity contribution < 1.29 is 9.53 Å². The molecule has 0 N–H and O–H groups in total. The molecule has 168 valence electrons. The predicted molar refractivity (Wildman–Crippen MR) is 141 cm³/mol. The maximum absolute atomic E-state index is 13.6. The van der Waals surface area contributed by atoms with Crippen LogP contribution >= 0.6 is 43.6 Å². The van der Waals surface area contributed by atoms with Crippen molar-refractivity contribution in [1.82, 2.24) is 4.90 Å². The standard InChI is InChI=1S/C25H26Br2N2O2S/c1-3-17-9-7-8-12-21(17)28-25-29(18-10-5-4-6-11-18)24(30)22(32-25)15-16-13-19(26)23(31-2)20(27)14-16/h7-9,12-15,18H,3-6,10-11H2,1-2H3/b22-15+,28-25?. The largest absolute Gasteiger partial charge is 0.494 e. The van der Waals surface area contributed by atoms with Crippen LogP contribution in [-0.4, -0.2) is 29.1 Å². The minimum Gasteiger partial charge on any atom is -0.494 e. The van der Waals surface area contributed by atoms with Crippen LogP contribution in [0.4, 0.5) is 5.69 Å². The Balaban J connectivity index is 1.74. The molecule has 0 spiro atoms. The van der Waals surface area contributed by atoms with Gasteiger partial charge in [0.2, 0.25) is 0 Å². The fourth-order valence-corrected chi connectivity index (χ4v) is 6.85. The Labute approximate surface area is 210 Å². The Kier molecular flexibility index (Phi) is 7.79. The lowest BCUT2D eigenvalue weighted by molar-refractivity contribution is -0.124. The number of benzene rings is 2. The SMILES string of the molecule is CCc1ccccc1N=C1S/C(=C/c2cc(Br)c(OC)c(Br)c2)C(=O)N1C1CCCCC1. The van der Waals surface area contributed by atoms with Gasteiger partial charge in [-0.05, 0) is 98.3 Å². The molecule has 2 aromatic rings. The smallest absolute Gasteiger partial charge is 0.267 e. The molecule has 0 unspecified atom stereocenters. The van der Waals surface area contributed by atoms with Crippen molar-refractivity contribution in [2.45, 2.75) is 51.5 Å². The second kappa shape index (κ2) is 10.6. The summed E-state index contributed by atoms with van der Waals surface area (Å²) in [5.74, 6) is 0.789. The third-order valence-electron chi connectivity index (χ3n) is 5.89. The van der Waals surface area contributed by atoms with Crippen LogP contribution in [-0.2, 0) is 11.2 Å². The first kappa shape index (κ1) is 23.6. The zero-order valence-corrected chi connectivity index (χ0v) is 22.2. The summed E-state index contributed by atoms with van der Waals surface area (Å²) in [6, 6.07) is 12.3. The summed E-state index contributed by atoms with van der Waals surface area (Å²) in [6.07, 6.45) is 8.50. The van der Waals surface area contributed by atoms with E-state index in [0.717, 1.165) is 63.2 Å². The maximum Gasteiger partial charge on any atom is 0.267 e. The van der Waals surface area contributed by atoms with Gasteiger partial charge in [-0.2, -0.15) is 0 Å². The van der Waals surface area contributed by atoms with Gasteiger partial charge in [-0.3, -0.25) is 9.69 Å². The third-order valence-corrected chi connectivity index (χ3v) is 8.05. The second-order valence-corrected chi connectivity index (χ2v) is 10.7. The van der Waals surface area contributed by atoms with Gasteiger partial charge in [-0.25, -0.2) is 4.99 Å². The van der Waals surface area contributed by atoms with Crippen molar-refractivity contribution in [3.05, 3.63) is 61.4 Å². The number of carbonyl (C=O) groups excluding carboxylic acids is 1. The number of amidine groups is 1. The Morgan fingerprint density at radius 1 is 1.16 bits per heavy atom. The van der Waals surface area contributed by atoms with Crippen LogP contribution in [0.25, 0.3) is 6.08 Å². The zero-order valence-electron chi connectivity index (χ0n) is 18.2. The highest BCUT2D eigenvalue weighted by molar-refractivity contribution is 9.11. The van der Waals surface area contributed by atoms with Gasteiger partial charge in [0.05, 0.1) is 26.6 Å². The van der Waals surface area contributed by atoms with Crippen molar-refractivity contribution in [3.8, 4) is 5.75 Å². The van der Waals surface area contributed by atoms with E-state index < -0.39 is 0 Å². The van der Waals surface area contributed by atoms with Crippen molar-refractivity contribution in [2.24, 2.45) is 4.99 Å². The highest BCUT2D eigenvalue weighted by atomic mass is 79.9. The number of nitrogens with zero attached hydrogens (tertiary/aromatic N) is 2. The number of thioether (sulfide) groups is 1. The molecule has 1 amide bonds. The Bertz CT molecular complexity index is 1050. The van der Waals surface area contributed by atoms with Crippen molar-refractivity contribution in [3.63, 3.8) is 0 Å². The predicted octanol–water partition coefficient (Wildman–Crippen LogP) is 7.72. The van der Waals surface area contributed by atoms with E-state index in [9.17, 15) is 4.79 Å². The molecule has 0 aromatic heterocycles. The molecule has 0 atom stereocenters. The molecule has 1 aliphatic carbocycles. The molecule has 2 aromatic carbocycles. The Morgan fingerprint density at radius 3 is 2.50 bits per heavy atom. The number of para-hydroxylation sites is 1. The van der Waals surface area contributed by atoms with Crippen molar-refractivity contribution >= 4 is 66.5 Å². The normalized spacial score (nSPS) is 19.9. The minimum atomic E-state index is 0.0534. The molecule has 0 bridgehead atoms. The van der Waals surface area contributed by atoms with Crippen LogP contribution in [0.1, 0.15) is 50.2 Å². The molecule has 4 rings (SSSR count). The summed E-state index contributed by atoms with van der Waals surface area (Å²) in [5.41, 5.74) is 3.07. The average Bonchev–Trinajstić information content (AvgIpc) is 3.09. The highest BCUT2D eigenvalue weighted by Crippen LogP contribution is 2.40. The number of carbonyl (C=O) groups is 1. The molecule has 1 aliphatic heterocycles. The number of aryl methyl sites for hydroxylation is 1. The van der Waals surface area contributed by atoms with Crippen LogP contribution < -0.4 is 4.74 Å². The fourth-order valence-electron chi connectivity index (χ4n) is 4.26. The van der Waals surface area contributed by atoms with Crippen molar-refractivity contribution in [2.75, 3.05) is 7.11 Å². The summed E-state index contributed by atoms with van der Waals surface area (Å²) in [5, 5.41) is 0.792. The molecule has 1 saturated heterocycles. The van der Waals surface area contributed by atoms with Crippen LogP contribution in [0, 0.1) is 0 Å². The molecule has 2 aliphatic rings. The van der Waals surface area contributed by atoms with E-state index in [1.807, 2.05) is 41.3 Å². The van der Waals surface area contributed by atoms with Gasteiger partial charge in [0.25, 0.3) is 5.91 Å². The first-order valence-electron chi connectivity index (χ1n) is 10.9. The lowest BCUT2D eigenvalue weighted by Crippen LogP contribution is -2.40. The Morgan fingerprint density at radius 2 is 1.84 bits per heavy atom. The van der Waals surface area contributed by atoms with Gasteiger partial charge in [0.15, 0.2) is 5.17 Å². The van der Waals surface area contributed by atoms with Gasteiger partial charge >= 0.3 is 0 Å². The van der Waals surface area contributed by atoms with E-state index in [1.165, 1.54) is 23.7 Å². The average molecular weight is 578 g/mol. The van der Waals surface area contributed by atoms with Gasteiger partial charge in [0, 0.05) is 6.04 Å². The first-order chi connectivity index (χ1) is 15.5. The van der Waals surface area contributed by atoms with Gasteiger partial charge < -0.3 is 4.74 Å². The number of aliphatic imine (C=N–C) groups is 1. The number of rotatable bonds is 5. The van der Waals surface area contributed by atoms with Crippen LogP contribution in [0.15, 0.2) is 55.2 Å². The summed E-state index contributed by atoms with van der Waals surface area (Å²) in [7, 11) is 1.64. The lowest BCUT2D eigenvalue weighted by Gasteiger charge is -2.30. The maximum atomic E-state index is 13.6. The number of methoxy groups -OCH3 is 1. The van der Waals surface area contributed by atoms with Crippen molar-refractivity contribution in [1.29, 1.82) is 0 Å². The summed E-state index contributed by atoms with van der Waals surface area (Å²) in [4.78, 5) is 21.2. The molecule has 4 nitrogen and oxygen atoms in total. The van der Waals surface area contributed by atoms with E-state index in [2.05, 4.69) is 44.8 Å². The molecule has 1 saturated carbocycles. The molecule has 0 radical (unpaired) electrons. The van der Waals surface area contributed by atoms with E-state index in [-0.39, 0.29) is 11.9 Å². The van der Waals surface area contributed by atoms with E-state index in [0.29, 0.717) is 4.91 Å². The van der Waals surface area contributed by atoms with Gasteiger partial charge in [0.1, 0.15) is 5.75 Å². The fraction of sp³-hybridized carbons (Fsp3) is 0.360. The van der Waals surface area contributed by atoms with Crippen LogP contribution in [0.5, 0.6) is 5.75 Å². The summed E-state index contributed by atoms with van der Waals surface area (Å²) in [6.45, 7) is 2.13. The van der Waals surface area contributed by atoms with Gasteiger partial charge in [-0.15, -0.1) is 0 Å². The topological polar surface area (TPSA) is 41.9 Å². The molecule has 1 heterocycles. The summed E-state index contributed by atoms with van der Waals surface area (Å²) < 4.78 is 7.09. The quantitative estimate of drug-likeness (QED) is 0.342. The Hall–Kier alpha value is -1.57. The molecular weight excluding hydrogens is 552 g/mol. The minimum absolute atomic E-state index is 0.0534. The number of ether oxygens (including phenoxy) is 1. The van der Waals surface area contributed by atoms with Gasteiger partial charge in [-0.1, -0.05) is 44.4 Å².